The van der Waals surface area contributed by atoms with Crippen LogP contribution in [0, 0.1) is 5.92 Å². The lowest BCUT2D eigenvalue weighted by Gasteiger charge is -2.25. The molecule has 1 aliphatic heterocycles. The molecule has 172 valence electrons. The fourth-order valence-electron chi connectivity index (χ4n) is 4.18. The Labute approximate surface area is 190 Å². The molecule has 2 unspecified atom stereocenters. The van der Waals surface area contributed by atoms with Gasteiger partial charge in [-0.15, -0.1) is 0 Å². The number of hydrogen-bond donors (Lipinski definition) is 1. The van der Waals surface area contributed by atoms with Crippen molar-refractivity contribution in [1.82, 2.24) is 20.1 Å². The molecular weight excluding hydrogens is 404 g/mol. The second kappa shape index (κ2) is 11.6. The summed E-state index contributed by atoms with van der Waals surface area (Å²) in [5.74, 6) is 0.596. The van der Waals surface area contributed by atoms with E-state index >= 15 is 0 Å². The number of carbonyl (C=O) groups excluding carboxylic acids is 2. The maximum atomic E-state index is 13.1. The predicted octanol–water partition coefficient (Wildman–Crippen LogP) is 2.86. The number of amides is 2. The van der Waals surface area contributed by atoms with Crippen molar-refractivity contribution in [3.05, 3.63) is 59.9 Å². The van der Waals surface area contributed by atoms with Crippen molar-refractivity contribution in [2.24, 2.45) is 5.92 Å². The Morgan fingerprint density at radius 3 is 2.81 bits per heavy atom. The lowest BCUT2D eigenvalue weighted by molar-refractivity contribution is -0.140. The molecule has 2 amide bonds. The van der Waals surface area contributed by atoms with Gasteiger partial charge in [0.15, 0.2) is 0 Å². The standard InChI is InChI=1S/C25H34N4O3/c1-28-18-22(27-16-19-7-4-11-23(13-19)32-3)10-5-9-21(14-24(28)30)25(31)29(2)17-20-8-6-12-26-15-20/h4,6-8,11-13,15,21-22,27H,5,9-10,14,16-18H2,1-3H3. The van der Waals surface area contributed by atoms with Crippen LogP contribution in [0.5, 0.6) is 5.75 Å². The molecule has 7 heteroatoms. The van der Waals surface area contributed by atoms with Crippen LogP contribution in [0.2, 0.25) is 0 Å². The van der Waals surface area contributed by atoms with Gasteiger partial charge in [0.05, 0.1) is 7.11 Å². The summed E-state index contributed by atoms with van der Waals surface area (Å²) in [4.78, 5) is 33.5. The van der Waals surface area contributed by atoms with Gasteiger partial charge in [-0.25, -0.2) is 0 Å². The molecule has 0 saturated carbocycles. The summed E-state index contributed by atoms with van der Waals surface area (Å²) in [6.07, 6.45) is 6.27. The van der Waals surface area contributed by atoms with Gasteiger partial charge >= 0.3 is 0 Å². The first-order chi connectivity index (χ1) is 15.5. The maximum absolute atomic E-state index is 13.1. The van der Waals surface area contributed by atoms with Gasteiger partial charge in [0.2, 0.25) is 11.8 Å². The lowest BCUT2D eigenvalue weighted by Crippen LogP contribution is -2.42. The van der Waals surface area contributed by atoms with Crippen LogP contribution in [-0.2, 0) is 22.7 Å². The third-order valence-electron chi connectivity index (χ3n) is 6.04. The average molecular weight is 439 g/mol. The minimum Gasteiger partial charge on any atom is -0.497 e. The molecule has 1 aliphatic rings. The van der Waals surface area contributed by atoms with E-state index in [1.165, 1.54) is 0 Å². The topological polar surface area (TPSA) is 74.8 Å². The number of aromatic nitrogens is 1. The summed E-state index contributed by atoms with van der Waals surface area (Å²) in [5, 5.41) is 3.58. The van der Waals surface area contributed by atoms with Gasteiger partial charge in [0, 0.05) is 64.5 Å². The molecule has 3 rings (SSSR count). The fraction of sp³-hybridized carbons (Fsp3) is 0.480. The molecule has 2 aromatic rings. The first kappa shape index (κ1) is 23.7. The van der Waals surface area contributed by atoms with E-state index in [1.54, 1.807) is 36.4 Å². The second-order valence-corrected chi connectivity index (χ2v) is 8.59. The highest BCUT2D eigenvalue weighted by Gasteiger charge is 2.28. The number of ether oxygens (including phenoxy) is 1. The van der Waals surface area contributed by atoms with Gasteiger partial charge in [-0.05, 0) is 42.2 Å². The summed E-state index contributed by atoms with van der Waals surface area (Å²) in [5.41, 5.74) is 2.12. The van der Waals surface area contributed by atoms with E-state index in [9.17, 15) is 9.59 Å². The number of methoxy groups -OCH3 is 1. The molecule has 0 radical (unpaired) electrons. The Bertz CT molecular complexity index is 890. The lowest BCUT2D eigenvalue weighted by atomic mass is 9.95. The zero-order valence-electron chi connectivity index (χ0n) is 19.3. The Morgan fingerprint density at radius 1 is 1.25 bits per heavy atom. The molecule has 7 nitrogen and oxygen atoms in total. The third-order valence-corrected chi connectivity index (χ3v) is 6.04. The highest BCUT2D eigenvalue weighted by Crippen LogP contribution is 2.21. The van der Waals surface area contributed by atoms with Gasteiger partial charge in [-0.2, -0.15) is 0 Å². The number of benzene rings is 1. The van der Waals surface area contributed by atoms with Gasteiger partial charge in [-0.3, -0.25) is 14.6 Å². The summed E-state index contributed by atoms with van der Waals surface area (Å²) in [6, 6.07) is 12.0. The van der Waals surface area contributed by atoms with E-state index < -0.39 is 0 Å². The molecular formula is C25H34N4O3. The van der Waals surface area contributed by atoms with Gasteiger partial charge in [0.25, 0.3) is 0 Å². The molecule has 1 N–H and O–H groups in total. The van der Waals surface area contributed by atoms with E-state index in [4.69, 9.17) is 4.74 Å². The molecule has 32 heavy (non-hydrogen) atoms. The Morgan fingerprint density at radius 2 is 2.06 bits per heavy atom. The van der Waals surface area contributed by atoms with E-state index in [1.807, 2.05) is 37.4 Å². The summed E-state index contributed by atoms with van der Waals surface area (Å²) in [7, 11) is 5.29. The Balaban J connectivity index is 1.58. The number of carbonyl (C=O) groups is 2. The number of nitrogens with one attached hydrogen (secondary N) is 1. The number of pyridine rings is 1. The number of likely N-dealkylation sites (N-methyl/N-ethyl adjacent to an activating group) is 1. The minimum absolute atomic E-state index is 0.0215. The fourth-order valence-corrected chi connectivity index (χ4v) is 4.18. The van der Waals surface area contributed by atoms with Crippen molar-refractivity contribution in [2.75, 3.05) is 27.7 Å². The number of rotatable bonds is 7. The molecule has 2 heterocycles. The highest BCUT2D eigenvalue weighted by atomic mass is 16.5. The zero-order valence-corrected chi connectivity index (χ0v) is 19.3. The van der Waals surface area contributed by atoms with Crippen LogP contribution in [0.3, 0.4) is 0 Å². The normalized spacial score (nSPS) is 19.6. The van der Waals surface area contributed by atoms with E-state index in [2.05, 4.69) is 16.4 Å². The van der Waals surface area contributed by atoms with Crippen LogP contribution < -0.4 is 10.1 Å². The van der Waals surface area contributed by atoms with Crippen LogP contribution in [-0.4, -0.2) is 60.4 Å². The monoisotopic (exact) mass is 438 g/mol. The van der Waals surface area contributed by atoms with E-state index in [-0.39, 0.29) is 30.2 Å². The van der Waals surface area contributed by atoms with Crippen molar-refractivity contribution in [3.8, 4) is 5.75 Å². The summed E-state index contributed by atoms with van der Waals surface area (Å²) in [6.45, 7) is 1.84. The van der Waals surface area contributed by atoms with Crippen LogP contribution >= 0.6 is 0 Å². The van der Waals surface area contributed by atoms with Crippen molar-refractivity contribution < 1.29 is 14.3 Å². The van der Waals surface area contributed by atoms with E-state index in [0.717, 1.165) is 29.7 Å². The van der Waals surface area contributed by atoms with Gasteiger partial charge < -0.3 is 19.9 Å². The first-order valence-electron chi connectivity index (χ1n) is 11.2. The van der Waals surface area contributed by atoms with Crippen LogP contribution in [0.15, 0.2) is 48.8 Å². The molecule has 1 aromatic carbocycles. The van der Waals surface area contributed by atoms with Gasteiger partial charge in [-0.1, -0.05) is 24.6 Å². The molecule has 1 saturated heterocycles. The molecule has 0 spiro atoms. The quantitative estimate of drug-likeness (QED) is 0.720. The van der Waals surface area contributed by atoms with E-state index in [0.29, 0.717) is 26.1 Å². The van der Waals surface area contributed by atoms with Crippen LogP contribution in [0.4, 0.5) is 0 Å². The van der Waals surface area contributed by atoms with Crippen LogP contribution in [0.25, 0.3) is 0 Å². The Kier molecular flexibility index (Phi) is 8.62. The van der Waals surface area contributed by atoms with Gasteiger partial charge in [0.1, 0.15) is 5.75 Å². The average Bonchev–Trinajstić information content (AvgIpc) is 2.87. The summed E-state index contributed by atoms with van der Waals surface area (Å²) < 4.78 is 5.30. The van der Waals surface area contributed by atoms with Crippen molar-refractivity contribution in [1.29, 1.82) is 0 Å². The number of hydrogen-bond acceptors (Lipinski definition) is 5. The minimum atomic E-state index is -0.288. The smallest absolute Gasteiger partial charge is 0.226 e. The SMILES string of the molecule is COc1cccc(CNC2CCCC(C(=O)N(C)Cc3cccnc3)CC(=O)N(C)C2)c1. The second-order valence-electron chi connectivity index (χ2n) is 8.59. The molecule has 0 aliphatic carbocycles. The third kappa shape index (κ3) is 6.79. The molecule has 1 fully saturated rings. The van der Waals surface area contributed by atoms with Crippen molar-refractivity contribution >= 4 is 11.8 Å². The van der Waals surface area contributed by atoms with Crippen LogP contribution in [0.1, 0.15) is 36.8 Å². The van der Waals surface area contributed by atoms with Crippen molar-refractivity contribution in [2.45, 2.75) is 44.8 Å². The maximum Gasteiger partial charge on any atom is 0.226 e. The largest absolute Gasteiger partial charge is 0.497 e. The highest BCUT2D eigenvalue weighted by molar-refractivity contribution is 5.85. The molecule has 1 aromatic heterocycles. The zero-order chi connectivity index (χ0) is 22.9. The summed E-state index contributed by atoms with van der Waals surface area (Å²) >= 11 is 0. The number of nitrogens with zero attached hydrogens (tertiary/aromatic N) is 3. The predicted molar refractivity (Wildman–Crippen MR) is 124 cm³/mol. The Hall–Kier alpha value is -2.93. The molecule has 2 atom stereocenters. The first-order valence-corrected chi connectivity index (χ1v) is 11.2. The molecule has 0 bridgehead atoms. The van der Waals surface area contributed by atoms with Crippen molar-refractivity contribution in [3.63, 3.8) is 0 Å².